The molecule has 0 saturated carbocycles. The molecule has 0 unspecified atom stereocenters. The van der Waals surface area contributed by atoms with E-state index in [2.05, 4.69) is 5.32 Å². The van der Waals surface area contributed by atoms with Gasteiger partial charge in [0.1, 0.15) is 11.8 Å². The second-order valence-electron chi connectivity index (χ2n) is 3.78. The number of amides is 1. The lowest BCUT2D eigenvalue weighted by Crippen LogP contribution is -2.13. The third-order valence-corrected chi connectivity index (χ3v) is 3.21. The summed E-state index contributed by atoms with van der Waals surface area (Å²) in [5.41, 5.74) is 0.664. The third kappa shape index (κ3) is 4.12. The second kappa shape index (κ2) is 6.57. The van der Waals surface area contributed by atoms with Crippen molar-refractivity contribution in [2.24, 2.45) is 0 Å². The molecule has 5 heteroatoms. The minimum Gasteiger partial charge on any atom is -0.479 e. The monoisotopic (exact) mass is 272 g/mol. The Labute approximate surface area is 115 Å². The second-order valence-corrected chi connectivity index (χ2v) is 4.81. The van der Waals surface area contributed by atoms with Gasteiger partial charge in [-0.3, -0.25) is 4.79 Å². The highest BCUT2D eigenvalue weighted by atomic mass is 32.1. The lowest BCUT2D eigenvalue weighted by atomic mass is 10.2. The van der Waals surface area contributed by atoms with Crippen LogP contribution in [0.2, 0.25) is 0 Å². The van der Waals surface area contributed by atoms with Crippen LogP contribution in [0.1, 0.15) is 4.88 Å². The predicted octanol–water partition coefficient (Wildman–Crippen LogP) is 2.83. The first-order valence-electron chi connectivity index (χ1n) is 5.70. The Morgan fingerprint density at radius 2 is 2.26 bits per heavy atom. The SMILES string of the molecule is N#CCOc1cccc(NC(=O)Cc2cccs2)c1. The van der Waals surface area contributed by atoms with Crippen LogP contribution in [0.25, 0.3) is 0 Å². The summed E-state index contributed by atoms with van der Waals surface area (Å²) in [6, 6.07) is 12.7. The van der Waals surface area contributed by atoms with Gasteiger partial charge in [0.25, 0.3) is 0 Å². The normalized spacial score (nSPS) is 9.63. The molecular weight excluding hydrogens is 260 g/mol. The molecule has 1 heterocycles. The van der Waals surface area contributed by atoms with E-state index < -0.39 is 0 Å². The van der Waals surface area contributed by atoms with Gasteiger partial charge >= 0.3 is 0 Å². The standard InChI is InChI=1S/C14H12N2O2S/c15-6-7-18-12-4-1-3-11(9-12)16-14(17)10-13-5-2-8-19-13/h1-5,8-9H,7,10H2,(H,16,17). The van der Waals surface area contributed by atoms with E-state index >= 15 is 0 Å². The highest BCUT2D eigenvalue weighted by molar-refractivity contribution is 7.10. The Kier molecular flexibility index (Phi) is 4.54. The molecule has 1 aromatic carbocycles. The Bertz CT molecular complexity index is 588. The molecule has 0 aliphatic carbocycles. The van der Waals surface area contributed by atoms with Crippen LogP contribution in [0.15, 0.2) is 41.8 Å². The van der Waals surface area contributed by atoms with Crippen LogP contribution < -0.4 is 10.1 Å². The number of nitrogens with one attached hydrogen (secondary N) is 1. The molecule has 1 amide bonds. The van der Waals surface area contributed by atoms with Crippen molar-refractivity contribution in [3.63, 3.8) is 0 Å². The molecule has 4 nitrogen and oxygen atoms in total. The molecule has 2 aromatic rings. The van der Waals surface area contributed by atoms with Gasteiger partial charge in [-0.05, 0) is 23.6 Å². The van der Waals surface area contributed by atoms with Crippen molar-refractivity contribution in [3.8, 4) is 11.8 Å². The summed E-state index contributed by atoms with van der Waals surface area (Å²) in [5, 5.41) is 13.2. The van der Waals surface area contributed by atoms with Crippen molar-refractivity contribution in [1.29, 1.82) is 5.26 Å². The predicted molar refractivity (Wildman–Crippen MR) is 74.2 cm³/mol. The van der Waals surface area contributed by atoms with E-state index in [4.69, 9.17) is 10.00 Å². The lowest BCUT2D eigenvalue weighted by Gasteiger charge is -2.06. The van der Waals surface area contributed by atoms with Crippen LogP contribution in [0, 0.1) is 11.3 Å². The Balaban J connectivity index is 1.95. The van der Waals surface area contributed by atoms with E-state index in [-0.39, 0.29) is 12.5 Å². The summed E-state index contributed by atoms with van der Waals surface area (Å²) in [4.78, 5) is 12.8. The van der Waals surface area contributed by atoms with E-state index in [0.29, 0.717) is 17.9 Å². The smallest absolute Gasteiger partial charge is 0.229 e. The first-order chi connectivity index (χ1) is 9.28. The molecular formula is C14H12N2O2S. The molecule has 19 heavy (non-hydrogen) atoms. The van der Waals surface area contributed by atoms with Gasteiger partial charge < -0.3 is 10.1 Å². The molecule has 0 bridgehead atoms. The Morgan fingerprint density at radius 1 is 1.37 bits per heavy atom. The molecule has 0 fully saturated rings. The zero-order valence-electron chi connectivity index (χ0n) is 10.1. The molecule has 1 aromatic heterocycles. The molecule has 0 spiro atoms. The number of carbonyl (C=O) groups excluding carboxylic acids is 1. The third-order valence-electron chi connectivity index (χ3n) is 2.34. The molecule has 96 valence electrons. The molecule has 0 atom stereocenters. The quantitative estimate of drug-likeness (QED) is 0.910. The molecule has 0 radical (unpaired) electrons. The average molecular weight is 272 g/mol. The summed E-state index contributed by atoms with van der Waals surface area (Å²) >= 11 is 1.55. The van der Waals surface area contributed by atoms with Crippen molar-refractivity contribution < 1.29 is 9.53 Å². The van der Waals surface area contributed by atoms with Gasteiger partial charge in [-0.25, -0.2) is 0 Å². The van der Waals surface area contributed by atoms with E-state index in [1.54, 1.807) is 35.6 Å². The maximum atomic E-state index is 11.8. The fourth-order valence-electron chi connectivity index (χ4n) is 1.56. The van der Waals surface area contributed by atoms with Gasteiger partial charge in [0.05, 0.1) is 6.42 Å². The molecule has 0 saturated heterocycles. The van der Waals surface area contributed by atoms with E-state index in [1.165, 1.54) is 0 Å². The minimum absolute atomic E-state index is 0.00735. The number of thiophene rings is 1. The zero-order valence-corrected chi connectivity index (χ0v) is 10.9. The van der Waals surface area contributed by atoms with E-state index in [9.17, 15) is 4.79 Å². The first-order valence-corrected chi connectivity index (χ1v) is 6.58. The number of hydrogen-bond donors (Lipinski definition) is 1. The van der Waals surface area contributed by atoms with Crippen molar-refractivity contribution in [1.82, 2.24) is 0 Å². The zero-order chi connectivity index (χ0) is 13.5. The molecule has 0 aliphatic rings. The number of rotatable bonds is 5. The topological polar surface area (TPSA) is 62.1 Å². The van der Waals surface area contributed by atoms with Gasteiger partial charge in [-0.15, -0.1) is 11.3 Å². The van der Waals surface area contributed by atoms with Gasteiger partial charge in [0, 0.05) is 16.6 Å². The first kappa shape index (κ1) is 13.1. The number of carbonyl (C=O) groups is 1. The van der Waals surface area contributed by atoms with Crippen LogP contribution in [0.4, 0.5) is 5.69 Å². The number of nitriles is 1. The Morgan fingerprint density at radius 3 is 3.00 bits per heavy atom. The number of anilines is 1. The highest BCUT2D eigenvalue weighted by Gasteiger charge is 2.05. The van der Waals surface area contributed by atoms with Crippen LogP contribution in [-0.4, -0.2) is 12.5 Å². The lowest BCUT2D eigenvalue weighted by molar-refractivity contribution is -0.115. The molecule has 2 rings (SSSR count). The van der Waals surface area contributed by atoms with Crippen LogP contribution in [0.5, 0.6) is 5.75 Å². The fraction of sp³-hybridized carbons (Fsp3) is 0.143. The van der Waals surface area contributed by atoms with Gasteiger partial charge in [-0.2, -0.15) is 5.26 Å². The van der Waals surface area contributed by atoms with Crippen molar-refractivity contribution in [2.75, 3.05) is 11.9 Å². The molecule has 1 N–H and O–H groups in total. The summed E-state index contributed by atoms with van der Waals surface area (Å²) < 4.78 is 5.17. The Hall–Kier alpha value is -2.32. The number of ether oxygens (including phenoxy) is 1. The molecule has 0 aliphatic heterocycles. The van der Waals surface area contributed by atoms with Gasteiger partial charge in [0.15, 0.2) is 6.61 Å². The highest BCUT2D eigenvalue weighted by Crippen LogP contribution is 2.18. The number of benzene rings is 1. The summed E-state index contributed by atoms with van der Waals surface area (Å²) in [6.45, 7) is -0.00735. The minimum atomic E-state index is -0.0696. The van der Waals surface area contributed by atoms with Crippen molar-refractivity contribution >= 4 is 22.9 Å². The van der Waals surface area contributed by atoms with E-state index in [1.807, 2.05) is 23.6 Å². The summed E-state index contributed by atoms with van der Waals surface area (Å²) in [7, 11) is 0. The van der Waals surface area contributed by atoms with E-state index in [0.717, 1.165) is 4.88 Å². The number of nitrogens with zero attached hydrogens (tertiary/aromatic N) is 1. The largest absolute Gasteiger partial charge is 0.479 e. The van der Waals surface area contributed by atoms with Crippen molar-refractivity contribution in [2.45, 2.75) is 6.42 Å². The maximum absolute atomic E-state index is 11.8. The van der Waals surface area contributed by atoms with Crippen molar-refractivity contribution in [3.05, 3.63) is 46.7 Å². The fourth-order valence-corrected chi connectivity index (χ4v) is 2.26. The van der Waals surface area contributed by atoms with Gasteiger partial charge in [0.2, 0.25) is 5.91 Å². The maximum Gasteiger partial charge on any atom is 0.229 e. The average Bonchev–Trinajstić information content (AvgIpc) is 2.89. The van der Waals surface area contributed by atoms with Gasteiger partial charge in [-0.1, -0.05) is 12.1 Å². The van der Waals surface area contributed by atoms with Crippen LogP contribution in [-0.2, 0) is 11.2 Å². The summed E-state index contributed by atoms with van der Waals surface area (Å²) in [6.07, 6.45) is 0.362. The number of hydrogen-bond acceptors (Lipinski definition) is 4. The summed E-state index contributed by atoms with van der Waals surface area (Å²) in [5.74, 6) is 0.496. The van der Waals surface area contributed by atoms with Crippen LogP contribution >= 0.6 is 11.3 Å². The van der Waals surface area contributed by atoms with Crippen LogP contribution in [0.3, 0.4) is 0 Å².